The van der Waals surface area contributed by atoms with E-state index in [1.807, 2.05) is 18.5 Å². The van der Waals surface area contributed by atoms with E-state index in [1.54, 1.807) is 11.3 Å². The Hall–Kier alpha value is -1.14. The van der Waals surface area contributed by atoms with Crippen molar-refractivity contribution in [3.8, 4) is 0 Å². The number of rotatable bonds is 2. The van der Waals surface area contributed by atoms with Crippen molar-refractivity contribution in [3.63, 3.8) is 0 Å². The molecule has 0 aromatic carbocycles. The molecule has 98 valence electrons. The molecule has 2 aliphatic heterocycles. The van der Waals surface area contributed by atoms with Gasteiger partial charge in [-0.3, -0.25) is 9.69 Å². The molecule has 0 bridgehead atoms. The fourth-order valence-corrected chi connectivity index (χ4v) is 3.33. The highest BCUT2D eigenvalue weighted by atomic mass is 32.1. The minimum atomic E-state index is -0.0507. The zero-order chi connectivity index (χ0) is 12.5. The van der Waals surface area contributed by atoms with Gasteiger partial charge in [0.2, 0.25) is 0 Å². The van der Waals surface area contributed by atoms with Gasteiger partial charge in [-0.1, -0.05) is 0 Å². The Kier molecular flexibility index (Phi) is 3.22. The van der Waals surface area contributed by atoms with Crippen molar-refractivity contribution in [3.05, 3.63) is 11.6 Å². The molecule has 2 atom stereocenters. The van der Waals surface area contributed by atoms with Crippen molar-refractivity contribution in [2.45, 2.75) is 25.5 Å². The van der Waals surface area contributed by atoms with Crippen LogP contribution >= 0.6 is 11.3 Å². The Labute approximate surface area is 110 Å². The normalized spacial score (nSPS) is 29.6. The number of ether oxygens (including phenoxy) is 1. The molecule has 2 aliphatic rings. The summed E-state index contributed by atoms with van der Waals surface area (Å²) < 4.78 is 5.22. The standard InChI is InChI=1S/C12H17N3O2S/c1-9-8-10(11(16)17-9)14-3-5-15(6-4-14)12-13-2-7-18-12/h2,7,9-10H,3-6,8H2,1H3/t9-,10-/m1/s1. The number of hydrogen-bond donors (Lipinski definition) is 0. The lowest BCUT2D eigenvalue weighted by Gasteiger charge is -2.36. The van der Waals surface area contributed by atoms with Crippen molar-refractivity contribution in [2.75, 3.05) is 31.1 Å². The summed E-state index contributed by atoms with van der Waals surface area (Å²) in [6.45, 7) is 5.65. The van der Waals surface area contributed by atoms with Crippen molar-refractivity contribution in [2.24, 2.45) is 0 Å². The Morgan fingerprint density at radius 2 is 2.17 bits per heavy atom. The molecule has 0 radical (unpaired) electrons. The second-order valence-corrected chi connectivity index (χ2v) is 5.71. The molecule has 1 aromatic heterocycles. The maximum Gasteiger partial charge on any atom is 0.323 e. The number of carbonyl (C=O) groups is 1. The first kappa shape index (κ1) is 11.9. The predicted octanol–water partition coefficient (Wildman–Crippen LogP) is 0.969. The summed E-state index contributed by atoms with van der Waals surface area (Å²) in [5, 5.41) is 3.08. The topological polar surface area (TPSA) is 45.7 Å². The van der Waals surface area contributed by atoms with Gasteiger partial charge in [-0.05, 0) is 6.92 Å². The second-order valence-electron chi connectivity index (χ2n) is 4.84. The number of anilines is 1. The summed E-state index contributed by atoms with van der Waals surface area (Å²) >= 11 is 1.67. The first-order valence-electron chi connectivity index (χ1n) is 6.33. The fraction of sp³-hybridized carbons (Fsp3) is 0.667. The second kappa shape index (κ2) is 4.85. The molecular weight excluding hydrogens is 250 g/mol. The molecule has 0 spiro atoms. The zero-order valence-corrected chi connectivity index (χ0v) is 11.2. The van der Waals surface area contributed by atoms with E-state index in [2.05, 4.69) is 14.8 Å². The highest BCUT2D eigenvalue weighted by molar-refractivity contribution is 7.13. The van der Waals surface area contributed by atoms with Crippen molar-refractivity contribution < 1.29 is 9.53 Å². The molecule has 3 heterocycles. The third-order valence-electron chi connectivity index (χ3n) is 3.59. The van der Waals surface area contributed by atoms with Gasteiger partial charge in [0.25, 0.3) is 0 Å². The SMILES string of the molecule is C[C@@H]1C[C@@H](N2CCN(c3nccs3)CC2)C(=O)O1. The van der Waals surface area contributed by atoms with Gasteiger partial charge in [0.15, 0.2) is 5.13 Å². The number of thiazole rings is 1. The summed E-state index contributed by atoms with van der Waals surface area (Å²) in [7, 11) is 0. The molecule has 5 nitrogen and oxygen atoms in total. The molecular formula is C12H17N3O2S. The fourth-order valence-electron chi connectivity index (χ4n) is 2.63. The number of esters is 1. The Morgan fingerprint density at radius 3 is 2.72 bits per heavy atom. The molecule has 2 fully saturated rings. The van der Waals surface area contributed by atoms with Crippen LogP contribution in [0.3, 0.4) is 0 Å². The highest BCUT2D eigenvalue weighted by Crippen LogP contribution is 2.23. The number of nitrogens with zero attached hydrogens (tertiary/aromatic N) is 3. The minimum absolute atomic E-state index is 0.0292. The Morgan fingerprint density at radius 1 is 1.39 bits per heavy atom. The van der Waals surface area contributed by atoms with Crippen LogP contribution in [0.15, 0.2) is 11.6 Å². The predicted molar refractivity (Wildman–Crippen MR) is 69.9 cm³/mol. The van der Waals surface area contributed by atoms with Crippen molar-refractivity contribution in [1.29, 1.82) is 0 Å². The molecule has 0 unspecified atom stereocenters. The van der Waals surface area contributed by atoms with Crippen molar-refractivity contribution in [1.82, 2.24) is 9.88 Å². The third kappa shape index (κ3) is 2.22. The van der Waals surface area contributed by atoms with Gasteiger partial charge in [-0.15, -0.1) is 11.3 Å². The lowest BCUT2D eigenvalue weighted by atomic mass is 10.1. The van der Waals surface area contributed by atoms with Crippen molar-refractivity contribution >= 4 is 22.4 Å². The van der Waals surface area contributed by atoms with Gasteiger partial charge < -0.3 is 9.64 Å². The quantitative estimate of drug-likeness (QED) is 0.747. The first-order valence-corrected chi connectivity index (χ1v) is 7.21. The molecule has 6 heteroatoms. The number of piperazine rings is 1. The molecule has 2 saturated heterocycles. The summed E-state index contributed by atoms with van der Waals surface area (Å²) in [5.74, 6) is -0.0507. The number of hydrogen-bond acceptors (Lipinski definition) is 6. The average molecular weight is 267 g/mol. The molecule has 0 N–H and O–H groups in total. The van der Waals surface area contributed by atoms with Crippen LogP contribution in [0.1, 0.15) is 13.3 Å². The molecule has 1 aromatic rings. The summed E-state index contributed by atoms with van der Waals surface area (Å²) in [6.07, 6.45) is 2.73. The number of carbonyl (C=O) groups excluding carboxylic acids is 1. The van der Waals surface area contributed by atoms with E-state index in [1.165, 1.54) is 0 Å². The van der Waals surface area contributed by atoms with Crippen LogP contribution < -0.4 is 4.90 Å². The van der Waals surface area contributed by atoms with E-state index in [-0.39, 0.29) is 18.1 Å². The minimum Gasteiger partial charge on any atom is -0.461 e. The Balaban J connectivity index is 1.59. The van der Waals surface area contributed by atoms with Gasteiger partial charge in [-0.2, -0.15) is 0 Å². The van der Waals surface area contributed by atoms with Gasteiger partial charge >= 0.3 is 5.97 Å². The largest absolute Gasteiger partial charge is 0.461 e. The number of aromatic nitrogens is 1. The van der Waals surface area contributed by atoms with Gasteiger partial charge in [0.05, 0.1) is 0 Å². The highest BCUT2D eigenvalue weighted by Gasteiger charge is 2.37. The molecule has 0 saturated carbocycles. The lowest BCUT2D eigenvalue weighted by molar-refractivity contribution is -0.144. The van der Waals surface area contributed by atoms with Crippen LogP contribution in [0.25, 0.3) is 0 Å². The van der Waals surface area contributed by atoms with Crippen LogP contribution in [0, 0.1) is 0 Å². The number of cyclic esters (lactones) is 1. The van der Waals surface area contributed by atoms with E-state index in [0.29, 0.717) is 0 Å². The van der Waals surface area contributed by atoms with E-state index in [9.17, 15) is 4.79 Å². The van der Waals surface area contributed by atoms with Gasteiger partial charge in [0.1, 0.15) is 12.1 Å². The van der Waals surface area contributed by atoms with Gasteiger partial charge in [0, 0.05) is 44.2 Å². The van der Waals surface area contributed by atoms with E-state index < -0.39 is 0 Å². The smallest absolute Gasteiger partial charge is 0.323 e. The van der Waals surface area contributed by atoms with E-state index in [0.717, 1.165) is 37.7 Å². The summed E-state index contributed by atoms with van der Waals surface area (Å²) in [5.41, 5.74) is 0. The maximum absolute atomic E-state index is 11.7. The van der Waals surface area contributed by atoms with Crippen LogP contribution in [0.4, 0.5) is 5.13 Å². The molecule has 0 aliphatic carbocycles. The van der Waals surface area contributed by atoms with Crippen LogP contribution in [-0.4, -0.2) is 54.2 Å². The zero-order valence-electron chi connectivity index (χ0n) is 10.4. The summed E-state index contributed by atoms with van der Waals surface area (Å²) in [6, 6.07) is -0.0292. The van der Waals surface area contributed by atoms with Crippen LogP contribution in [0.5, 0.6) is 0 Å². The van der Waals surface area contributed by atoms with Crippen LogP contribution in [0.2, 0.25) is 0 Å². The van der Waals surface area contributed by atoms with Gasteiger partial charge in [-0.25, -0.2) is 4.98 Å². The van der Waals surface area contributed by atoms with E-state index >= 15 is 0 Å². The monoisotopic (exact) mass is 267 g/mol. The summed E-state index contributed by atoms with van der Waals surface area (Å²) in [4.78, 5) is 20.6. The maximum atomic E-state index is 11.7. The molecule has 0 amide bonds. The molecule has 18 heavy (non-hydrogen) atoms. The lowest BCUT2D eigenvalue weighted by Crippen LogP contribution is -2.51. The Bertz CT molecular complexity index is 415. The molecule has 3 rings (SSSR count). The average Bonchev–Trinajstić information content (AvgIpc) is 2.99. The third-order valence-corrected chi connectivity index (χ3v) is 4.42. The van der Waals surface area contributed by atoms with E-state index in [4.69, 9.17) is 4.74 Å². The van der Waals surface area contributed by atoms with Crippen LogP contribution in [-0.2, 0) is 9.53 Å². The first-order chi connectivity index (χ1) is 8.74.